The van der Waals surface area contributed by atoms with Crippen molar-refractivity contribution in [3.05, 3.63) is 64.1 Å². The largest absolute Gasteiger partial charge is 0.483 e. The van der Waals surface area contributed by atoms with Crippen molar-refractivity contribution in [1.29, 1.82) is 0 Å². The summed E-state index contributed by atoms with van der Waals surface area (Å²) in [6, 6.07) is 15.3. The number of carbonyl (C=O) groups excluding carboxylic acids is 3. The van der Waals surface area contributed by atoms with Gasteiger partial charge in [-0.25, -0.2) is 0 Å². The first kappa shape index (κ1) is 26.3. The third-order valence-electron chi connectivity index (χ3n) is 4.34. The quantitative estimate of drug-likeness (QED) is 0.186. The van der Waals surface area contributed by atoms with Crippen molar-refractivity contribution in [1.82, 2.24) is 16.2 Å². The van der Waals surface area contributed by atoms with Gasteiger partial charge >= 0.3 is 5.97 Å². The van der Waals surface area contributed by atoms with Gasteiger partial charge in [-0.3, -0.25) is 25.2 Å². The molecular formula is C23H26BrN3O5S. The molecule has 3 N–H and O–H groups in total. The second-order valence-electron chi connectivity index (χ2n) is 7.06. The minimum atomic E-state index is -0.479. The van der Waals surface area contributed by atoms with Crippen LogP contribution >= 0.6 is 28.1 Å². The monoisotopic (exact) mass is 535 g/mol. The van der Waals surface area contributed by atoms with Gasteiger partial charge in [0.1, 0.15) is 5.75 Å². The number of hydrogen-bond acceptors (Lipinski definition) is 6. The number of amides is 2. The molecule has 0 bridgehead atoms. The molecule has 33 heavy (non-hydrogen) atoms. The molecular weight excluding hydrogens is 510 g/mol. The van der Waals surface area contributed by atoms with Gasteiger partial charge in [-0.2, -0.15) is 0 Å². The molecule has 0 aliphatic heterocycles. The van der Waals surface area contributed by atoms with E-state index in [9.17, 15) is 14.4 Å². The molecule has 176 valence electrons. The Hall–Kier alpha value is -2.98. The summed E-state index contributed by atoms with van der Waals surface area (Å²) in [5.74, 6) is -0.820. The minimum Gasteiger partial charge on any atom is -0.483 e. The maximum Gasteiger partial charge on any atom is 0.306 e. The van der Waals surface area contributed by atoms with E-state index in [1.165, 1.54) is 5.56 Å². The van der Waals surface area contributed by atoms with E-state index < -0.39 is 17.8 Å². The average Bonchev–Trinajstić information content (AvgIpc) is 2.79. The van der Waals surface area contributed by atoms with Gasteiger partial charge < -0.3 is 14.8 Å². The maximum atomic E-state index is 11.9. The molecule has 0 atom stereocenters. The second-order valence-corrected chi connectivity index (χ2v) is 8.38. The first-order valence-electron chi connectivity index (χ1n) is 10.3. The van der Waals surface area contributed by atoms with Crippen LogP contribution in [-0.4, -0.2) is 36.1 Å². The van der Waals surface area contributed by atoms with Gasteiger partial charge in [0, 0.05) is 10.9 Å². The van der Waals surface area contributed by atoms with Gasteiger partial charge in [0.25, 0.3) is 5.91 Å². The molecule has 0 aliphatic rings. The fourth-order valence-corrected chi connectivity index (χ4v) is 3.34. The summed E-state index contributed by atoms with van der Waals surface area (Å²) in [4.78, 5) is 35.5. The summed E-state index contributed by atoms with van der Waals surface area (Å²) < 4.78 is 11.5. The number of aryl methyl sites for hydroxylation is 2. The van der Waals surface area contributed by atoms with Crippen LogP contribution in [0.15, 0.2) is 53.0 Å². The molecule has 0 saturated carbocycles. The first-order valence-corrected chi connectivity index (χ1v) is 11.5. The highest BCUT2D eigenvalue weighted by Crippen LogP contribution is 2.21. The number of rotatable bonds is 10. The topological polar surface area (TPSA) is 106 Å². The number of benzene rings is 2. The number of ether oxygens (including phenoxy) is 2. The lowest BCUT2D eigenvalue weighted by atomic mass is 10.1. The molecule has 0 heterocycles. The van der Waals surface area contributed by atoms with Gasteiger partial charge in [0.15, 0.2) is 11.7 Å². The van der Waals surface area contributed by atoms with Crippen LogP contribution < -0.4 is 20.9 Å². The summed E-state index contributed by atoms with van der Waals surface area (Å²) >= 11 is 8.31. The van der Waals surface area contributed by atoms with Crippen LogP contribution in [0.1, 0.15) is 30.4 Å². The lowest BCUT2D eigenvalue weighted by molar-refractivity contribution is -0.145. The van der Waals surface area contributed by atoms with Gasteiger partial charge in [-0.1, -0.05) is 46.3 Å². The molecule has 8 nitrogen and oxygen atoms in total. The van der Waals surface area contributed by atoms with Crippen LogP contribution in [0.25, 0.3) is 0 Å². The van der Waals surface area contributed by atoms with Gasteiger partial charge in [-0.15, -0.1) is 0 Å². The highest BCUT2D eigenvalue weighted by molar-refractivity contribution is 9.10. The Morgan fingerprint density at radius 3 is 2.48 bits per heavy atom. The van der Waals surface area contributed by atoms with Crippen molar-refractivity contribution in [2.45, 2.75) is 32.6 Å². The Labute approximate surface area is 206 Å². The molecule has 0 saturated heterocycles. The Kier molecular flexibility index (Phi) is 11.3. The zero-order valence-corrected chi connectivity index (χ0v) is 20.6. The van der Waals surface area contributed by atoms with Crippen LogP contribution in [0.3, 0.4) is 0 Å². The third kappa shape index (κ3) is 10.9. The maximum absolute atomic E-state index is 11.9. The van der Waals surface area contributed by atoms with Crippen molar-refractivity contribution < 1.29 is 23.9 Å². The van der Waals surface area contributed by atoms with Crippen LogP contribution in [0, 0.1) is 6.92 Å². The van der Waals surface area contributed by atoms with Gasteiger partial charge in [0.2, 0.25) is 5.91 Å². The normalized spacial score (nSPS) is 10.1. The number of thiocarbonyl (C=S) groups is 1. The van der Waals surface area contributed by atoms with E-state index in [0.717, 1.165) is 16.5 Å². The summed E-state index contributed by atoms with van der Waals surface area (Å²) in [5.41, 5.74) is 6.80. The molecule has 2 amide bonds. The standard InChI is InChI=1S/C23H26BrN3O5S/c1-16-14-18(24)9-10-19(16)32-15-21(29)26-27-23(33)25-20(28)11-12-22(30)31-13-5-8-17-6-3-2-4-7-17/h2-4,6-7,9-10,14H,5,8,11-13,15H2,1H3,(H,26,29)(H2,25,27,28,33). The van der Waals surface area contributed by atoms with E-state index in [4.69, 9.17) is 21.7 Å². The lowest BCUT2D eigenvalue weighted by Gasteiger charge is -2.12. The summed E-state index contributed by atoms with van der Waals surface area (Å²) in [5, 5.41) is 2.29. The Bertz CT molecular complexity index is 972. The molecule has 10 heteroatoms. The van der Waals surface area contributed by atoms with Gasteiger partial charge in [-0.05, 0) is 61.3 Å². The van der Waals surface area contributed by atoms with Crippen LogP contribution in [0.5, 0.6) is 5.75 Å². The Balaban J connectivity index is 1.54. The molecule has 0 unspecified atom stereocenters. The number of halogens is 1. The molecule has 0 aromatic heterocycles. The summed E-state index contributed by atoms with van der Waals surface area (Å²) in [7, 11) is 0. The molecule has 0 fully saturated rings. The smallest absolute Gasteiger partial charge is 0.306 e. The van der Waals surface area contributed by atoms with Crippen molar-refractivity contribution in [2.24, 2.45) is 0 Å². The van der Waals surface area contributed by atoms with E-state index in [-0.39, 0.29) is 24.6 Å². The number of esters is 1. The molecule has 0 radical (unpaired) electrons. The molecule has 0 spiro atoms. The Morgan fingerprint density at radius 2 is 1.76 bits per heavy atom. The number of nitrogens with one attached hydrogen (secondary N) is 3. The number of hydrazine groups is 1. The minimum absolute atomic E-state index is 0.0630. The van der Waals surface area contributed by atoms with Crippen LogP contribution in [0.4, 0.5) is 0 Å². The van der Waals surface area contributed by atoms with Crippen molar-refractivity contribution in [3.63, 3.8) is 0 Å². The van der Waals surface area contributed by atoms with E-state index in [0.29, 0.717) is 18.8 Å². The van der Waals surface area contributed by atoms with Crippen molar-refractivity contribution in [3.8, 4) is 5.75 Å². The van der Waals surface area contributed by atoms with E-state index in [1.54, 1.807) is 6.07 Å². The van der Waals surface area contributed by atoms with E-state index >= 15 is 0 Å². The molecule has 2 rings (SSSR count). The van der Waals surface area contributed by atoms with Crippen LogP contribution in [0.2, 0.25) is 0 Å². The van der Waals surface area contributed by atoms with Crippen molar-refractivity contribution in [2.75, 3.05) is 13.2 Å². The predicted molar refractivity (Wildman–Crippen MR) is 131 cm³/mol. The second kappa shape index (κ2) is 14.2. The highest BCUT2D eigenvalue weighted by Gasteiger charge is 2.11. The zero-order valence-electron chi connectivity index (χ0n) is 18.2. The lowest BCUT2D eigenvalue weighted by Crippen LogP contribution is -2.49. The average molecular weight is 536 g/mol. The zero-order chi connectivity index (χ0) is 24.1. The first-order chi connectivity index (χ1) is 15.8. The third-order valence-corrected chi connectivity index (χ3v) is 5.03. The molecule has 2 aromatic carbocycles. The fraction of sp³-hybridized carbons (Fsp3) is 0.304. The predicted octanol–water partition coefficient (Wildman–Crippen LogP) is 3.11. The number of carbonyl (C=O) groups is 3. The molecule has 0 aliphatic carbocycles. The highest BCUT2D eigenvalue weighted by atomic mass is 79.9. The SMILES string of the molecule is Cc1cc(Br)ccc1OCC(=O)NNC(=S)NC(=O)CCC(=O)OCCCc1ccccc1. The number of hydrogen-bond donors (Lipinski definition) is 3. The summed E-state index contributed by atoms with van der Waals surface area (Å²) in [6.45, 7) is 1.92. The van der Waals surface area contributed by atoms with Crippen molar-refractivity contribution >= 4 is 51.0 Å². The molecule has 2 aromatic rings. The van der Waals surface area contributed by atoms with Crippen LogP contribution in [-0.2, 0) is 25.5 Å². The Morgan fingerprint density at radius 1 is 1.00 bits per heavy atom. The van der Waals surface area contributed by atoms with E-state index in [1.807, 2.05) is 49.4 Å². The fourth-order valence-electron chi connectivity index (χ4n) is 2.70. The van der Waals surface area contributed by atoms with Gasteiger partial charge in [0.05, 0.1) is 13.0 Å². The summed E-state index contributed by atoms with van der Waals surface area (Å²) in [6.07, 6.45) is 1.38. The van der Waals surface area contributed by atoms with E-state index in [2.05, 4.69) is 32.1 Å².